The predicted molar refractivity (Wildman–Crippen MR) is 103 cm³/mol. The SMILES string of the molecule is C=C(/N=C\C1=C(C)CN(C2CCNCC2)C1)Nc1ccc(C(F)(F)F)cc1. The largest absolute Gasteiger partial charge is 0.416 e. The van der Waals surface area contributed by atoms with Gasteiger partial charge < -0.3 is 10.6 Å². The molecular weight excluding hydrogens is 353 g/mol. The van der Waals surface area contributed by atoms with Gasteiger partial charge in [-0.05, 0) is 62.7 Å². The fraction of sp³-hybridized carbons (Fsp3) is 0.450. The molecule has 146 valence electrons. The van der Waals surface area contributed by atoms with Crippen LogP contribution in [0.3, 0.4) is 0 Å². The maximum Gasteiger partial charge on any atom is 0.416 e. The Kier molecular flexibility index (Phi) is 6.01. The summed E-state index contributed by atoms with van der Waals surface area (Å²) in [5, 5.41) is 6.32. The van der Waals surface area contributed by atoms with E-state index in [1.165, 1.54) is 36.1 Å². The summed E-state index contributed by atoms with van der Waals surface area (Å²) in [6.45, 7) is 9.94. The first kappa shape index (κ1) is 19.6. The highest BCUT2D eigenvalue weighted by Gasteiger charge is 2.30. The van der Waals surface area contributed by atoms with Gasteiger partial charge in [-0.3, -0.25) is 4.90 Å². The van der Waals surface area contributed by atoms with Gasteiger partial charge in [0.25, 0.3) is 0 Å². The molecule has 27 heavy (non-hydrogen) atoms. The molecule has 1 saturated heterocycles. The molecule has 0 unspecified atom stereocenters. The molecule has 2 aliphatic rings. The maximum atomic E-state index is 12.6. The van der Waals surface area contributed by atoms with Crippen LogP contribution in [0, 0.1) is 0 Å². The van der Waals surface area contributed by atoms with Crippen molar-refractivity contribution >= 4 is 11.9 Å². The van der Waals surface area contributed by atoms with Crippen molar-refractivity contribution in [3.8, 4) is 0 Å². The van der Waals surface area contributed by atoms with Gasteiger partial charge in [-0.25, -0.2) is 4.99 Å². The minimum Gasteiger partial charge on any atom is -0.341 e. The average molecular weight is 378 g/mol. The normalized spacial score (nSPS) is 19.9. The van der Waals surface area contributed by atoms with Crippen molar-refractivity contribution in [1.29, 1.82) is 0 Å². The summed E-state index contributed by atoms with van der Waals surface area (Å²) in [7, 11) is 0. The lowest BCUT2D eigenvalue weighted by Crippen LogP contribution is -2.42. The summed E-state index contributed by atoms with van der Waals surface area (Å²) in [6, 6.07) is 5.45. The van der Waals surface area contributed by atoms with Crippen LogP contribution in [0.4, 0.5) is 18.9 Å². The lowest BCUT2D eigenvalue weighted by atomic mass is 10.1. The van der Waals surface area contributed by atoms with Crippen molar-refractivity contribution in [2.24, 2.45) is 4.99 Å². The van der Waals surface area contributed by atoms with Crippen molar-refractivity contribution in [3.05, 3.63) is 53.4 Å². The Hall–Kier alpha value is -2.12. The van der Waals surface area contributed by atoms with E-state index in [1.54, 1.807) is 0 Å². The standard InChI is InChI=1S/C20H25F3N4/c1-14-12-27(19-7-9-24-10-8-19)13-16(14)11-25-15(2)26-18-5-3-17(4-6-18)20(21,22)23/h3-6,11,19,24,26H,2,7-10,12-13H2,1H3/b25-11-. The quantitative estimate of drug-likeness (QED) is 0.760. The molecule has 0 spiro atoms. The van der Waals surface area contributed by atoms with E-state index in [2.05, 4.69) is 34.0 Å². The van der Waals surface area contributed by atoms with Gasteiger partial charge in [-0.1, -0.05) is 12.2 Å². The molecule has 4 nitrogen and oxygen atoms in total. The number of hydrogen-bond donors (Lipinski definition) is 2. The molecule has 2 heterocycles. The van der Waals surface area contributed by atoms with Gasteiger partial charge in [0.1, 0.15) is 5.82 Å². The Morgan fingerprint density at radius 3 is 2.52 bits per heavy atom. The number of nitrogens with zero attached hydrogens (tertiary/aromatic N) is 2. The van der Waals surface area contributed by atoms with Gasteiger partial charge in [0.15, 0.2) is 0 Å². The number of benzene rings is 1. The third kappa shape index (κ3) is 5.20. The zero-order valence-corrected chi connectivity index (χ0v) is 15.4. The summed E-state index contributed by atoms with van der Waals surface area (Å²) in [4.78, 5) is 6.84. The smallest absolute Gasteiger partial charge is 0.341 e. The lowest BCUT2D eigenvalue weighted by Gasteiger charge is -2.31. The van der Waals surface area contributed by atoms with E-state index in [-0.39, 0.29) is 0 Å². The van der Waals surface area contributed by atoms with E-state index in [1.807, 2.05) is 6.21 Å². The highest BCUT2D eigenvalue weighted by Crippen LogP contribution is 2.30. The Morgan fingerprint density at radius 1 is 1.22 bits per heavy atom. The third-order valence-corrected chi connectivity index (χ3v) is 5.06. The third-order valence-electron chi connectivity index (χ3n) is 5.06. The molecule has 1 fully saturated rings. The highest BCUT2D eigenvalue weighted by molar-refractivity contribution is 5.82. The Bertz CT molecular complexity index is 729. The number of rotatable bonds is 5. The van der Waals surface area contributed by atoms with Crippen molar-refractivity contribution in [2.75, 3.05) is 31.5 Å². The minimum atomic E-state index is -4.33. The summed E-state index contributed by atoms with van der Waals surface area (Å²) in [5.74, 6) is 0.398. The second-order valence-electron chi connectivity index (χ2n) is 7.10. The molecule has 1 aromatic rings. The van der Waals surface area contributed by atoms with E-state index < -0.39 is 11.7 Å². The van der Waals surface area contributed by atoms with Crippen LogP contribution in [-0.2, 0) is 6.18 Å². The number of nitrogens with one attached hydrogen (secondary N) is 2. The topological polar surface area (TPSA) is 39.7 Å². The van der Waals surface area contributed by atoms with Crippen LogP contribution in [0.25, 0.3) is 0 Å². The molecule has 0 bridgehead atoms. The number of anilines is 1. The van der Waals surface area contributed by atoms with Crippen LogP contribution >= 0.6 is 0 Å². The second kappa shape index (κ2) is 8.27. The van der Waals surface area contributed by atoms with Gasteiger partial charge >= 0.3 is 6.18 Å². The van der Waals surface area contributed by atoms with Gasteiger partial charge in [0.05, 0.1) is 5.56 Å². The zero-order valence-electron chi connectivity index (χ0n) is 15.4. The molecule has 0 aliphatic carbocycles. The van der Waals surface area contributed by atoms with Gasteiger partial charge in [0, 0.05) is 31.0 Å². The van der Waals surface area contributed by atoms with Crippen molar-refractivity contribution in [1.82, 2.24) is 10.2 Å². The first-order valence-electron chi connectivity index (χ1n) is 9.13. The van der Waals surface area contributed by atoms with Gasteiger partial charge in [0.2, 0.25) is 0 Å². The Morgan fingerprint density at radius 2 is 1.89 bits per heavy atom. The zero-order chi connectivity index (χ0) is 19.4. The van der Waals surface area contributed by atoms with E-state index in [0.717, 1.165) is 38.3 Å². The predicted octanol–water partition coefficient (Wildman–Crippen LogP) is 4.04. The fourth-order valence-electron chi connectivity index (χ4n) is 3.49. The first-order valence-corrected chi connectivity index (χ1v) is 9.13. The van der Waals surface area contributed by atoms with Crippen molar-refractivity contribution in [3.63, 3.8) is 0 Å². The molecule has 0 radical (unpaired) electrons. The Balaban J connectivity index is 1.54. The molecular formula is C20H25F3N4. The van der Waals surface area contributed by atoms with Crippen LogP contribution in [0.5, 0.6) is 0 Å². The number of alkyl halides is 3. The fourth-order valence-corrected chi connectivity index (χ4v) is 3.49. The molecule has 2 aliphatic heterocycles. The minimum absolute atomic E-state index is 0.398. The molecule has 0 aromatic heterocycles. The number of aliphatic imine (C=N–C) groups is 1. The maximum absolute atomic E-state index is 12.6. The molecule has 0 saturated carbocycles. The molecule has 2 N–H and O–H groups in total. The van der Waals surface area contributed by atoms with E-state index >= 15 is 0 Å². The molecule has 0 atom stereocenters. The summed E-state index contributed by atoms with van der Waals surface area (Å²) in [6.07, 6.45) is -0.184. The van der Waals surface area contributed by atoms with Crippen molar-refractivity contribution in [2.45, 2.75) is 32.0 Å². The monoisotopic (exact) mass is 378 g/mol. The summed E-state index contributed by atoms with van der Waals surface area (Å²) in [5.41, 5.74) is 2.34. The average Bonchev–Trinajstić information content (AvgIpc) is 3.01. The highest BCUT2D eigenvalue weighted by atomic mass is 19.4. The van der Waals surface area contributed by atoms with Crippen LogP contribution in [0.1, 0.15) is 25.3 Å². The van der Waals surface area contributed by atoms with Crippen LogP contribution < -0.4 is 10.6 Å². The number of halogens is 3. The Labute approximate surface area is 157 Å². The second-order valence-corrected chi connectivity index (χ2v) is 7.10. The molecule has 7 heteroatoms. The number of piperidine rings is 1. The molecule has 1 aromatic carbocycles. The van der Waals surface area contributed by atoms with Crippen LogP contribution in [0.15, 0.2) is 52.8 Å². The summed E-state index contributed by atoms with van der Waals surface area (Å²) < 4.78 is 37.8. The first-order chi connectivity index (χ1) is 12.8. The van der Waals surface area contributed by atoms with Crippen LogP contribution in [0.2, 0.25) is 0 Å². The van der Waals surface area contributed by atoms with E-state index in [0.29, 0.717) is 17.6 Å². The molecule has 0 amide bonds. The van der Waals surface area contributed by atoms with E-state index in [9.17, 15) is 13.2 Å². The summed E-state index contributed by atoms with van der Waals surface area (Å²) >= 11 is 0. The van der Waals surface area contributed by atoms with Crippen molar-refractivity contribution < 1.29 is 13.2 Å². The van der Waals surface area contributed by atoms with Gasteiger partial charge in [-0.2, -0.15) is 13.2 Å². The molecule has 3 rings (SSSR count). The van der Waals surface area contributed by atoms with E-state index in [4.69, 9.17) is 0 Å². The van der Waals surface area contributed by atoms with Crippen LogP contribution in [-0.4, -0.2) is 43.3 Å². The van der Waals surface area contributed by atoms with Gasteiger partial charge in [-0.15, -0.1) is 0 Å². The lowest BCUT2D eigenvalue weighted by molar-refractivity contribution is -0.137. The number of hydrogen-bond acceptors (Lipinski definition) is 4.